The number of hydrogen-bond donors (Lipinski definition) is 3. The first kappa shape index (κ1) is 23.7. The van der Waals surface area contributed by atoms with E-state index in [1.165, 1.54) is 24.3 Å². The quantitative estimate of drug-likeness (QED) is 0.535. The number of halogens is 1. The molecule has 0 aliphatic heterocycles. The van der Waals surface area contributed by atoms with Crippen LogP contribution in [0, 0.1) is 5.92 Å². The minimum absolute atomic E-state index is 0.139. The van der Waals surface area contributed by atoms with E-state index in [0.29, 0.717) is 17.2 Å². The molecular formula is C20H24ClN3O5S. The molecule has 0 aliphatic rings. The van der Waals surface area contributed by atoms with E-state index in [-0.39, 0.29) is 23.1 Å². The molecule has 10 heteroatoms. The number of nitrogens with one attached hydrogen (secondary N) is 2. The van der Waals surface area contributed by atoms with E-state index in [4.69, 9.17) is 22.1 Å². The molecule has 0 radical (unpaired) electrons. The largest absolute Gasteiger partial charge is 0.482 e. The van der Waals surface area contributed by atoms with E-state index < -0.39 is 27.9 Å². The molecule has 0 heterocycles. The molecule has 1 atom stereocenters. The second-order valence-electron chi connectivity index (χ2n) is 7.00. The minimum atomic E-state index is -4.14. The summed E-state index contributed by atoms with van der Waals surface area (Å²) in [6.45, 7) is 3.44. The average molecular weight is 454 g/mol. The number of nitrogens with two attached hydrogens (primary N) is 1. The summed E-state index contributed by atoms with van der Waals surface area (Å²) < 4.78 is 32.3. The van der Waals surface area contributed by atoms with E-state index >= 15 is 0 Å². The third kappa shape index (κ3) is 7.01. The molecule has 0 saturated heterocycles. The first-order valence-electron chi connectivity index (χ1n) is 9.18. The van der Waals surface area contributed by atoms with Crippen molar-refractivity contribution in [1.82, 2.24) is 4.72 Å². The number of para-hydroxylation sites is 1. The van der Waals surface area contributed by atoms with Crippen LogP contribution in [-0.2, 0) is 19.6 Å². The fourth-order valence-electron chi connectivity index (χ4n) is 2.53. The van der Waals surface area contributed by atoms with Crippen LogP contribution >= 0.6 is 11.6 Å². The van der Waals surface area contributed by atoms with Gasteiger partial charge in [0.1, 0.15) is 5.75 Å². The van der Waals surface area contributed by atoms with Crippen molar-refractivity contribution in [3.05, 3.63) is 53.6 Å². The molecule has 0 bridgehead atoms. The number of sulfonamides is 1. The Morgan fingerprint density at radius 1 is 1.13 bits per heavy atom. The van der Waals surface area contributed by atoms with E-state index in [1.807, 2.05) is 18.6 Å². The van der Waals surface area contributed by atoms with Crippen LogP contribution in [0.2, 0.25) is 5.02 Å². The maximum Gasteiger partial charge on any atom is 0.264 e. The Morgan fingerprint density at radius 3 is 2.50 bits per heavy atom. The number of amides is 2. The molecule has 0 aliphatic carbocycles. The van der Waals surface area contributed by atoms with Crippen LogP contribution in [0.15, 0.2) is 53.4 Å². The van der Waals surface area contributed by atoms with Crippen molar-refractivity contribution in [1.29, 1.82) is 0 Å². The van der Waals surface area contributed by atoms with Gasteiger partial charge in [0.15, 0.2) is 6.61 Å². The lowest BCUT2D eigenvalue weighted by Crippen LogP contribution is -2.43. The molecule has 0 aromatic heterocycles. The summed E-state index contributed by atoms with van der Waals surface area (Å²) in [7, 11) is -4.14. The van der Waals surface area contributed by atoms with Crippen LogP contribution in [0.4, 0.5) is 5.69 Å². The van der Waals surface area contributed by atoms with Crippen LogP contribution in [0.1, 0.15) is 20.3 Å². The molecule has 162 valence electrons. The fourth-order valence-corrected chi connectivity index (χ4v) is 3.79. The van der Waals surface area contributed by atoms with Crippen molar-refractivity contribution in [2.45, 2.75) is 31.2 Å². The molecular weight excluding hydrogens is 430 g/mol. The third-order valence-electron chi connectivity index (χ3n) is 3.92. The maximum atomic E-state index is 12.5. The molecule has 0 spiro atoms. The van der Waals surface area contributed by atoms with Crippen LogP contribution in [0.5, 0.6) is 5.75 Å². The van der Waals surface area contributed by atoms with Gasteiger partial charge < -0.3 is 15.8 Å². The molecule has 2 rings (SSSR count). The summed E-state index contributed by atoms with van der Waals surface area (Å²) in [5, 5.41) is 2.90. The lowest BCUT2D eigenvalue weighted by Gasteiger charge is -2.15. The zero-order valence-electron chi connectivity index (χ0n) is 16.6. The van der Waals surface area contributed by atoms with Gasteiger partial charge in [0.2, 0.25) is 0 Å². The number of carbonyl (C=O) groups excluding carboxylic acids is 2. The highest BCUT2D eigenvalue weighted by molar-refractivity contribution is 7.90. The van der Waals surface area contributed by atoms with Gasteiger partial charge in [-0.1, -0.05) is 43.6 Å². The monoisotopic (exact) mass is 453 g/mol. The number of anilines is 1. The average Bonchev–Trinajstić information content (AvgIpc) is 2.66. The lowest BCUT2D eigenvalue weighted by molar-refractivity contribution is -0.121. The predicted molar refractivity (Wildman–Crippen MR) is 115 cm³/mol. The lowest BCUT2D eigenvalue weighted by atomic mass is 10.0. The number of ether oxygens (including phenoxy) is 1. The van der Waals surface area contributed by atoms with Gasteiger partial charge in [0, 0.05) is 5.69 Å². The van der Waals surface area contributed by atoms with Crippen molar-refractivity contribution < 1.29 is 22.7 Å². The molecule has 30 heavy (non-hydrogen) atoms. The van der Waals surface area contributed by atoms with Gasteiger partial charge in [0.25, 0.3) is 21.8 Å². The van der Waals surface area contributed by atoms with Crippen molar-refractivity contribution >= 4 is 39.1 Å². The highest BCUT2D eigenvalue weighted by Gasteiger charge is 2.23. The van der Waals surface area contributed by atoms with E-state index in [9.17, 15) is 18.0 Å². The van der Waals surface area contributed by atoms with E-state index in [2.05, 4.69) is 5.32 Å². The summed E-state index contributed by atoms with van der Waals surface area (Å²) in [4.78, 5) is 24.0. The molecule has 8 nitrogen and oxygen atoms in total. The van der Waals surface area contributed by atoms with Gasteiger partial charge >= 0.3 is 0 Å². The summed E-state index contributed by atoms with van der Waals surface area (Å²) in [6.07, 6.45) is 0.350. The van der Waals surface area contributed by atoms with Crippen LogP contribution < -0.4 is 20.5 Å². The molecule has 0 fully saturated rings. The Labute approximate surface area is 180 Å². The summed E-state index contributed by atoms with van der Waals surface area (Å²) >= 11 is 5.96. The highest BCUT2D eigenvalue weighted by atomic mass is 35.5. The van der Waals surface area contributed by atoms with Crippen molar-refractivity contribution in [2.75, 3.05) is 11.9 Å². The Bertz CT molecular complexity index is 1010. The zero-order chi connectivity index (χ0) is 22.3. The molecule has 2 amide bonds. The number of carbonyl (C=O) groups is 2. The van der Waals surface area contributed by atoms with Gasteiger partial charge in [0.05, 0.1) is 16.0 Å². The Kier molecular flexibility index (Phi) is 8.22. The first-order valence-corrected chi connectivity index (χ1v) is 11.0. The number of benzene rings is 2. The minimum Gasteiger partial charge on any atom is -0.482 e. The second-order valence-corrected chi connectivity index (χ2v) is 9.09. The summed E-state index contributed by atoms with van der Waals surface area (Å²) in [5.74, 6) is -0.801. The Morgan fingerprint density at radius 2 is 1.83 bits per heavy atom. The van der Waals surface area contributed by atoms with Crippen LogP contribution in [0.25, 0.3) is 0 Å². The van der Waals surface area contributed by atoms with Crippen molar-refractivity contribution in [3.63, 3.8) is 0 Å². The summed E-state index contributed by atoms with van der Waals surface area (Å²) in [6, 6.07) is 11.3. The molecule has 2 aromatic rings. The smallest absolute Gasteiger partial charge is 0.264 e. The van der Waals surface area contributed by atoms with E-state index in [1.54, 1.807) is 24.3 Å². The third-order valence-corrected chi connectivity index (χ3v) is 5.58. The topological polar surface area (TPSA) is 128 Å². The van der Waals surface area contributed by atoms with Gasteiger partial charge in [-0.05, 0) is 42.7 Å². The zero-order valence-corrected chi connectivity index (χ0v) is 18.2. The summed E-state index contributed by atoms with van der Waals surface area (Å²) in [5.41, 5.74) is 5.96. The van der Waals surface area contributed by atoms with Crippen LogP contribution in [0.3, 0.4) is 0 Å². The molecule has 4 N–H and O–H groups in total. The highest BCUT2D eigenvalue weighted by Crippen LogP contribution is 2.23. The second kappa shape index (κ2) is 10.4. The fraction of sp³-hybridized carbons (Fsp3) is 0.300. The van der Waals surface area contributed by atoms with Gasteiger partial charge in [-0.25, -0.2) is 13.1 Å². The van der Waals surface area contributed by atoms with Crippen molar-refractivity contribution in [2.24, 2.45) is 11.7 Å². The van der Waals surface area contributed by atoms with Gasteiger partial charge in [-0.2, -0.15) is 0 Å². The normalized spacial score (nSPS) is 12.3. The van der Waals surface area contributed by atoms with Crippen molar-refractivity contribution in [3.8, 4) is 5.75 Å². The number of hydrogen-bond acceptors (Lipinski definition) is 6. The Hall–Kier alpha value is -2.62. The molecule has 0 unspecified atom stereocenters. The SMILES string of the molecule is CC(C)C[C@H](N)C(=O)NS(=O)(=O)c1cccc(NC(=O)COc2ccccc2Cl)c1. The van der Waals surface area contributed by atoms with Gasteiger partial charge in [-0.15, -0.1) is 0 Å². The first-order chi connectivity index (χ1) is 14.1. The maximum absolute atomic E-state index is 12.5. The standard InChI is InChI=1S/C20H24ClN3O5S/c1-13(2)10-17(22)20(26)24-30(27,28)15-7-5-6-14(11-15)23-19(25)12-29-18-9-4-3-8-16(18)21/h3-9,11,13,17H,10,12,22H2,1-2H3,(H,23,25)(H,24,26)/t17-/m0/s1. The molecule has 2 aromatic carbocycles. The number of rotatable bonds is 9. The van der Waals surface area contributed by atoms with E-state index in [0.717, 1.165) is 0 Å². The predicted octanol–water partition coefficient (Wildman–Crippen LogP) is 2.54. The Balaban J connectivity index is 2.01. The molecule has 0 saturated carbocycles. The van der Waals surface area contributed by atoms with Crippen LogP contribution in [-0.4, -0.2) is 32.9 Å². The van der Waals surface area contributed by atoms with Gasteiger partial charge in [-0.3, -0.25) is 9.59 Å².